The summed E-state index contributed by atoms with van der Waals surface area (Å²) in [4.78, 5) is 2.14. The van der Waals surface area contributed by atoms with Crippen molar-refractivity contribution >= 4 is 5.69 Å². The normalized spacial score (nSPS) is 10.4. The largest absolute Gasteiger partial charge is 0.508 e. The summed E-state index contributed by atoms with van der Waals surface area (Å²) in [6.45, 7) is 1.28. The Morgan fingerprint density at radius 1 is 1.12 bits per heavy atom. The molecule has 16 heavy (non-hydrogen) atoms. The molecule has 0 aliphatic rings. The van der Waals surface area contributed by atoms with Gasteiger partial charge in [0.2, 0.25) is 0 Å². The van der Waals surface area contributed by atoms with Crippen molar-refractivity contribution in [3.63, 3.8) is 0 Å². The van der Waals surface area contributed by atoms with Crippen LogP contribution in [0.4, 0.5) is 5.69 Å². The van der Waals surface area contributed by atoms with Gasteiger partial charge in [-0.25, -0.2) is 0 Å². The summed E-state index contributed by atoms with van der Waals surface area (Å²) in [7, 11) is 2.03. The molecular weight excluding hydrogens is 202 g/mol. The van der Waals surface area contributed by atoms with E-state index < -0.39 is 0 Å². The monoisotopic (exact) mass is 223 g/mol. The lowest BCUT2D eigenvalue weighted by Crippen LogP contribution is -2.18. The molecule has 0 atom stereocenters. The quantitative estimate of drug-likeness (QED) is 0.697. The SMILES string of the molecule is CN(CCCCCCO)c1cccc(O)c1. The molecule has 0 heterocycles. The summed E-state index contributed by atoms with van der Waals surface area (Å²) in [6, 6.07) is 7.30. The molecule has 0 bridgehead atoms. The van der Waals surface area contributed by atoms with Gasteiger partial charge in [0, 0.05) is 32.0 Å². The van der Waals surface area contributed by atoms with Gasteiger partial charge in [-0.2, -0.15) is 0 Å². The maximum Gasteiger partial charge on any atom is 0.117 e. The Labute approximate surface area is 97.3 Å². The summed E-state index contributed by atoms with van der Waals surface area (Å²) in [5, 5.41) is 18.0. The summed E-state index contributed by atoms with van der Waals surface area (Å²) < 4.78 is 0. The summed E-state index contributed by atoms with van der Waals surface area (Å²) in [5.74, 6) is 0.310. The van der Waals surface area contributed by atoms with Crippen molar-refractivity contribution in [1.82, 2.24) is 0 Å². The maximum atomic E-state index is 9.35. The molecule has 0 aromatic heterocycles. The molecule has 3 heteroatoms. The third kappa shape index (κ3) is 4.53. The standard InChI is InChI=1S/C13H21NO2/c1-14(9-4-2-3-5-10-15)12-7-6-8-13(16)11-12/h6-8,11,15-16H,2-5,9-10H2,1H3. The van der Waals surface area contributed by atoms with Crippen LogP contribution in [0.2, 0.25) is 0 Å². The Kier molecular flexibility index (Phi) is 5.72. The second kappa shape index (κ2) is 7.12. The first-order valence-electron chi connectivity index (χ1n) is 5.85. The van der Waals surface area contributed by atoms with Crippen LogP contribution in [-0.2, 0) is 0 Å². The molecule has 0 aliphatic carbocycles. The number of hydrogen-bond acceptors (Lipinski definition) is 3. The molecule has 0 spiro atoms. The average molecular weight is 223 g/mol. The van der Waals surface area contributed by atoms with E-state index in [1.54, 1.807) is 12.1 Å². The molecule has 1 aromatic rings. The summed E-state index contributed by atoms with van der Waals surface area (Å²) in [5.41, 5.74) is 1.04. The van der Waals surface area contributed by atoms with Gasteiger partial charge in [-0.15, -0.1) is 0 Å². The summed E-state index contributed by atoms with van der Waals surface area (Å²) >= 11 is 0. The van der Waals surface area contributed by atoms with Crippen molar-refractivity contribution in [3.05, 3.63) is 24.3 Å². The Bertz CT molecular complexity index is 302. The van der Waals surface area contributed by atoms with Gasteiger partial charge in [0.1, 0.15) is 5.75 Å². The molecule has 0 saturated carbocycles. The number of hydrogen-bond donors (Lipinski definition) is 2. The Morgan fingerprint density at radius 2 is 1.88 bits per heavy atom. The molecule has 0 aliphatic heterocycles. The van der Waals surface area contributed by atoms with Gasteiger partial charge in [-0.3, -0.25) is 0 Å². The molecule has 0 amide bonds. The van der Waals surface area contributed by atoms with Crippen molar-refractivity contribution in [1.29, 1.82) is 0 Å². The number of nitrogens with zero attached hydrogens (tertiary/aromatic N) is 1. The van der Waals surface area contributed by atoms with Gasteiger partial charge in [-0.05, 0) is 25.0 Å². The second-order valence-electron chi connectivity index (χ2n) is 4.08. The zero-order chi connectivity index (χ0) is 11.8. The van der Waals surface area contributed by atoms with E-state index in [0.29, 0.717) is 12.4 Å². The van der Waals surface area contributed by atoms with Gasteiger partial charge >= 0.3 is 0 Å². The molecule has 0 radical (unpaired) electrons. The number of aliphatic hydroxyl groups excluding tert-OH is 1. The van der Waals surface area contributed by atoms with E-state index in [2.05, 4.69) is 4.90 Å². The smallest absolute Gasteiger partial charge is 0.117 e. The highest BCUT2D eigenvalue weighted by molar-refractivity contribution is 5.49. The van der Waals surface area contributed by atoms with E-state index in [4.69, 9.17) is 5.11 Å². The van der Waals surface area contributed by atoms with Gasteiger partial charge in [0.05, 0.1) is 0 Å². The minimum Gasteiger partial charge on any atom is -0.508 e. The van der Waals surface area contributed by atoms with Crippen LogP contribution in [0.1, 0.15) is 25.7 Å². The lowest BCUT2D eigenvalue weighted by atomic mass is 10.2. The number of anilines is 1. The van der Waals surface area contributed by atoms with Crippen LogP contribution in [0.25, 0.3) is 0 Å². The second-order valence-corrected chi connectivity index (χ2v) is 4.08. The van der Waals surface area contributed by atoms with Gasteiger partial charge in [0.15, 0.2) is 0 Å². The predicted octanol–water partition coefficient (Wildman–Crippen LogP) is 2.38. The van der Waals surface area contributed by atoms with Gasteiger partial charge < -0.3 is 15.1 Å². The van der Waals surface area contributed by atoms with Crippen LogP contribution in [0, 0.1) is 0 Å². The van der Waals surface area contributed by atoms with E-state index in [0.717, 1.165) is 37.9 Å². The molecule has 1 rings (SSSR count). The van der Waals surface area contributed by atoms with E-state index in [1.165, 1.54) is 0 Å². The predicted molar refractivity (Wildman–Crippen MR) is 66.9 cm³/mol. The highest BCUT2D eigenvalue weighted by Crippen LogP contribution is 2.19. The van der Waals surface area contributed by atoms with E-state index in [9.17, 15) is 5.11 Å². The molecule has 90 valence electrons. The lowest BCUT2D eigenvalue weighted by Gasteiger charge is -2.19. The number of unbranched alkanes of at least 4 members (excludes halogenated alkanes) is 3. The number of phenols is 1. The minimum absolute atomic E-state index is 0.294. The van der Waals surface area contributed by atoms with Crippen LogP contribution in [0.15, 0.2) is 24.3 Å². The Balaban J connectivity index is 2.27. The third-order valence-corrected chi connectivity index (χ3v) is 2.67. The highest BCUT2D eigenvalue weighted by Gasteiger charge is 2.00. The topological polar surface area (TPSA) is 43.7 Å². The molecule has 0 unspecified atom stereocenters. The van der Waals surface area contributed by atoms with E-state index in [-0.39, 0.29) is 0 Å². The van der Waals surface area contributed by atoms with Gasteiger partial charge in [-0.1, -0.05) is 18.9 Å². The van der Waals surface area contributed by atoms with E-state index >= 15 is 0 Å². The Morgan fingerprint density at radius 3 is 2.56 bits per heavy atom. The van der Waals surface area contributed by atoms with Crippen LogP contribution < -0.4 is 4.90 Å². The Hall–Kier alpha value is -1.22. The minimum atomic E-state index is 0.294. The molecule has 0 fully saturated rings. The van der Waals surface area contributed by atoms with E-state index in [1.807, 2.05) is 19.2 Å². The number of aromatic hydroxyl groups is 1. The number of benzene rings is 1. The number of phenolic OH excluding ortho intramolecular Hbond substituents is 1. The first-order chi connectivity index (χ1) is 7.74. The molecule has 1 aromatic carbocycles. The first kappa shape index (κ1) is 12.8. The lowest BCUT2D eigenvalue weighted by molar-refractivity contribution is 0.282. The fourth-order valence-electron chi connectivity index (χ4n) is 1.67. The van der Waals surface area contributed by atoms with Crippen molar-refractivity contribution in [2.75, 3.05) is 25.1 Å². The van der Waals surface area contributed by atoms with Crippen molar-refractivity contribution < 1.29 is 10.2 Å². The van der Waals surface area contributed by atoms with Crippen LogP contribution in [0.5, 0.6) is 5.75 Å². The van der Waals surface area contributed by atoms with Crippen LogP contribution >= 0.6 is 0 Å². The third-order valence-electron chi connectivity index (χ3n) is 2.67. The zero-order valence-electron chi connectivity index (χ0n) is 9.89. The molecule has 2 N–H and O–H groups in total. The zero-order valence-corrected chi connectivity index (χ0v) is 9.89. The molecule has 0 saturated heterocycles. The number of rotatable bonds is 7. The van der Waals surface area contributed by atoms with Crippen LogP contribution in [-0.4, -0.2) is 30.4 Å². The summed E-state index contributed by atoms with van der Waals surface area (Å²) in [6.07, 6.45) is 4.25. The molecular formula is C13H21NO2. The maximum absolute atomic E-state index is 9.35. The highest BCUT2D eigenvalue weighted by atomic mass is 16.3. The van der Waals surface area contributed by atoms with Crippen molar-refractivity contribution in [2.45, 2.75) is 25.7 Å². The van der Waals surface area contributed by atoms with Gasteiger partial charge in [0.25, 0.3) is 0 Å². The van der Waals surface area contributed by atoms with Crippen molar-refractivity contribution in [2.24, 2.45) is 0 Å². The number of aliphatic hydroxyl groups is 1. The van der Waals surface area contributed by atoms with Crippen molar-refractivity contribution in [3.8, 4) is 5.75 Å². The van der Waals surface area contributed by atoms with Crippen LogP contribution in [0.3, 0.4) is 0 Å². The molecule has 3 nitrogen and oxygen atoms in total. The average Bonchev–Trinajstić information content (AvgIpc) is 2.28. The first-order valence-corrected chi connectivity index (χ1v) is 5.85. The fourth-order valence-corrected chi connectivity index (χ4v) is 1.67. The fraction of sp³-hybridized carbons (Fsp3) is 0.538.